The Morgan fingerprint density at radius 3 is 2.63 bits per heavy atom. The van der Waals surface area contributed by atoms with Crippen LogP contribution in [0.25, 0.3) is 5.69 Å². The topological polar surface area (TPSA) is 170 Å². The number of ether oxygens (including phenoxy) is 1. The first kappa shape index (κ1) is 31.4. The molecule has 4 aromatic rings. The van der Waals surface area contributed by atoms with Crippen LogP contribution in [0.3, 0.4) is 0 Å². The van der Waals surface area contributed by atoms with Gasteiger partial charge in [0.15, 0.2) is 6.10 Å². The molecule has 14 heteroatoms. The number of benzene rings is 2. The average molecular weight is 648 g/mol. The van der Waals surface area contributed by atoms with E-state index in [2.05, 4.69) is 25.4 Å². The first-order valence-electron chi connectivity index (χ1n) is 15.6. The molecule has 3 heterocycles. The van der Waals surface area contributed by atoms with Crippen LogP contribution in [0.1, 0.15) is 62.2 Å². The van der Waals surface area contributed by atoms with Gasteiger partial charge in [-0.05, 0) is 96.1 Å². The van der Waals surface area contributed by atoms with Gasteiger partial charge in [0.05, 0.1) is 16.7 Å². The van der Waals surface area contributed by atoms with E-state index in [9.17, 15) is 23.1 Å². The molecule has 1 aliphatic carbocycles. The Kier molecular flexibility index (Phi) is 9.45. The molecule has 1 unspecified atom stereocenters. The second kappa shape index (κ2) is 13.8. The van der Waals surface area contributed by atoms with Gasteiger partial charge in [0.2, 0.25) is 0 Å². The van der Waals surface area contributed by atoms with Crippen molar-refractivity contribution in [1.29, 1.82) is 0 Å². The van der Waals surface area contributed by atoms with Gasteiger partial charge in [-0.3, -0.25) is 14.5 Å². The molecule has 1 saturated carbocycles. The van der Waals surface area contributed by atoms with Crippen molar-refractivity contribution in [3.63, 3.8) is 0 Å². The Hall–Kier alpha value is -4.56. The SMILES string of the molecule is O=C(NCC(O)c1cccnc1)[C@@H]1CCc2cc(S(=O)(=O)Nc3ccc(-n4nnn(CCCC5CCCC5)c4=O)cc3)ccc2O1. The summed E-state index contributed by atoms with van der Waals surface area (Å²) >= 11 is 0. The minimum Gasteiger partial charge on any atom is -0.480 e. The molecule has 1 amide bonds. The number of rotatable bonds is 12. The normalized spacial score (nSPS) is 17.2. The maximum absolute atomic E-state index is 13.2. The van der Waals surface area contributed by atoms with E-state index in [-0.39, 0.29) is 23.0 Å². The Labute approximate surface area is 266 Å². The van der Waals surface area contributed by atoms with E-state index in [1.807, 2.05) is 0 Å². The summed E-state index contributed by atoms with van der Waals surface area (Å²) in [4.78, 5) is 29.5. The summed E-state index contributed by atoms with van der Waals surface area (Å²) in [6.07, 6.45) is 9.34. The predicted octanol–water partition coefficient (Wildman–Crippen LogP) is 3.14. The zero-order valence-corrected chi connectivity index (χ0v) is 26.1. The van der Waals surface area contributed by atoms with E-state index in [0.717, 1.165) is 18.8 Å². The number of anilines is 1. The molecular formula is C32H37N7O6S. The summed E-state index contributed by atoms with van der Waals surface area (Å²) < 4.78 is 37.4. The van der Waals surface area contributed by atoms with E-state index < -0.39 is 22.2 Å². The van der Waals surface area contributed by atoms with Gasteiger partial charge in [-0.15, -0.1) is 0 Å². The van der Waals surface area contributed by atoms with Crippen molar-refractivity contribution < 1.29 is 23.1 Å². The summed E-state index contributed by atoms with van der Waals surface area (Å²) in [6, 6.07) is 14.3. The lowest BCUT2D eigenvalue weighted by atomic mass is 10.0. The number of nitrogens with zero attached hydrogens (tertiary/aromatic N) is 5. The van der Waals surface area contributed by atoms with E-state index in [1.54, 1.807) is 48.7 Å². The van der Waals surface area contributed by atoms with Crippen molar-refractivity contribution in [2.75, 3.05) is 11.3 Å². The maximum atomic E-state index is 13.2. The fourth-order valence-electron chi connectivity index (χ4n) is 6.01. The molecule has 0 spiro atoms. The molecule has 242 valence electrons. The highest BCUT2D eigenvalue weighted by Gasteiger charge is 2.28. The molecule has 2 aromatic heterocycles. The zero-order chi connectivity index (χ0) is 32.1. The molecule has 46 heavy (non-hydrogen) atoms. The fraction of sp³-hybridized carbons (Fsp3) is 0.406. The largest absolute Gasteiger partial charge is 0.480 e. The zero-order valence-electron chi connectivity index (χ0n) is 25.3. The smallest absolute Gasteiger partial charge is 0.368 e. The lowest BCUT2D eigenvalue weighted by molar-refractivity contribution is -0.129. The van der Waals surface area contributed by atoms with E-state index in [4.69, 9.17) is 4.74 Å². The third kappa shape index (κ3) is 7.29. The third-order valence-corrected chi connectivity index (χ3v) is 9.96. The maximum Gasteiger partial charge on any atom is 0.368 e. The molecule has 2 atom stereocenters. The number of aliphatic hydroxyl groups is 1. The highest BCUT2D eigenvalue weighted by molar-refractivity contribution is 7.92. The van der Waals surface area contributed by atoms with Gasteiger partial charge in [0.1, 0.15) is 5.75 Å². The van der Waals surface area contributed by atoms with Crippen LogP contribution in [-0.2, 0) is 27.8 Å². The summed E-state index contributed by atoms with van der Waals surface area (Å²) in [5, 5.41) is 21.0. The van der Waals surface area contributed by atoms with Crippen molar-refractivity contribution in [3.05, 3.63) is 88.6 Å². The molecule has 1 fully saturated rings. The molecule has 1 aliphatic heterocycles. The number of sulfonamides is 1. The van der Waals surface area contributed by atoms with Crippen LogP contribution < -0.4 is 20.5 Å². The van der Waals surface area contributed by atoms with Crippen molar-refractivity contribution in [2.24, 2.45) is 5.92 Å². The monoisotopic (exact) mass is 647 g/mol. The number of aryl methyl sites for hydroxylation is 2. The fourth-order valence-corrected chi connectivity index (χ4v) is 7.12. The van der Waals surface area contributed by atoms with Crippen molar-refractivity contribution >= 4 is 21.6 Å². The summed E-state index contributed by atoms with van der Waals surface area (Å²) in [7, 11) is -3.94. The summed E-state index contributed by atoms with van der Waals surface area (Å²) in [5.41, 5.74) is 1.73. The van der Waals surface area contributed by atoms with Crippen molar-refractivity contribution in [1.82, 2.24) is 30.1 Å². The van der Waals surface area contributed by atoms with Crippen LogP contribution in [0.15, 0.2) is 76.7 Å². The Morgan fingerprint density at radius 1 is 1.07 bits per heavy atom. The summed E-state index contributed by atoms with van der Waals surface area (Å²) in [5.74, 6) is 0.812. The van der Waals surface area contributed by atoms with Gasteiger partial charge in [0.25, 0.3) is 15.9 Å². The van der Waals surface area contributed by atoms with Gasteiger partial charge in [-0.2, -0.15) is 9.36 Å². The molecule has 6 rings (SSSR count). The van der Waals surface area contributed by atoms with Gasteiger partial charge in [-0.1, -0.05) is 31.7 Å². The second-order valence-electron chi connectivity index (χ2n) is 11.8. The highest BCUT2D eigenvalue weighted by atomic mass is 32.2. The van der Waals surface area contributed by atoms with E-state index in [1.165, 1.54) is 53.4 Å². The molecule has 0 radical (unpaired) electrons. The van der Waals surface area contributed by atoms with Crippen LogP contribution in [0.4, 0.5) is 5.69 Å². The second-order valence-corrected chi connectivity index (χ2v) is 13.5. The number of aliphatic hydroxyl groups excluding tert-OH is 1. The average Bonchev–Trinajstić information content (AvgIpc) is 3.73. The molecular weight excluding hydrogens is 610 g/mol. The number of hydrogen-bond acceptors (Lipinski definition) is 9. The van der Waals surface area contributed by atoms with Crippen LogP contribution in [0, 0.1) is 5.92 Å². The molecule has 3 N–H and O–H groups in total. The Morgan fingerprint density at radius 2 is 1.87 bits per heavy atom. The van der Waals surface area contributed by atoms with E-state index in [0.29, 0.717) is 47.6 Å². The lowest BCUT2D eigenvalue weighted by Crippen LogP contribution is -2.42. The van der Waals surface area contributed by atoms with Gasteiger partial charge < -0.3 is 15.2 Å². The highest BCUT2D eigenvalue weighted by Crippen LogP contribution is 2.31. The number of amides is 1. The Balaban J connectivity index is 1.04. The number of pyridine rings is 1. The van der Waals surface area contributed by atoms with Crippen LogP contribution >= 0.6 is 0 Å². The van der Waals surface area contributed by atoms with Gasteiger partial charge >= 0.3 is 5.69 Å². The minimum absolute atomic E-state index is 0.0122. The number of nitrogens with one attached hydrogen (secondary N) is 2. The quantitative estimate of drug-likeness (QED) is 0.209. The molecule has 0 saturated heterocycles. The molecule has 0 bridgehead atoms. The molecule has 2 aromatic carbocycles. The summed E-state index contributed by atoms with van der Waals surface area (Å²) in [6.45, 7) is 0.530. The molecule has 13 nitrogen and oxygen atoms in total. The first-order valence-corrected chi connectivity index (χ1v) is 17.1. The number of hydrogen-bond donors (Lipinski definition) is 3. The molecule has 2 aliphatic rings. The number of aromatic nitrogens is 5. The Bertz CT molecular complexity index is 1820. The first-order chi connectivity index (χ1) is 22.3. The number of carbonyl (C=O) groups is 1. The standard InChI is InChI=1S/C32H37N7O6S/c40-28(24-8-3-17-33-20-24)21-34-31(41)30-15-9-23-19-27(14-16-29(23)45-30)46(43,44)35-25-10-12-26(13-11-25)39-32(42)38(36-37-39)18-4-7-22-5-1-2-6-22/h3,8,10-14,16-17,19-20,22,28,30,35,40H,1-2,4-7,9,15,18,21H2,(H,34,41)/t28?,30-/m0/s1. The minimum atomic E-state index is -3.94. The van der Waals surface area contributed by atoms with E-state index >= 15 is 0 Å². The lowest BCUT2D eigenvalue weighted by Gasteiger charge is -2.26. The van der Waals surface area contributed by atoms with Crippen LogP contribution in [0.2, 0.25) is 0 Å². The third-order valence-electron chi connectivity index (χ3n) is 8.58. The van der Waals surface area contributed by atoms with Crippen LogP contribution in [-0.4, -0.2) is 56.9 Å². The predicted molar refractivity (Wildman–Crippen MR) is 169 cm³/mol. The van der Waals surface area contributed by atoms with Crippen molar-refractivity contribution in [2.45, 2.75) is 75.0 Å². The number of tetrazole rings is 1. The number of carbonyl (C=O) groups excluding carboxylic acids is 1. The number of fused-ring (bicyclic) bond motifs is 1. The van der Waals surface area contributed by atoms with Crippen molar-refractivity contribution in [3.8, 4) is 11.4 Å². The van der Waals surface area contributed by atoms with Crippen LogP contribution in [0.5, 0.6) is 5.75 Å². The van der Waals surface area contributed by atoms with Gasteiger partial charge in [-0.25, -0.2) is 13.2 Å². The van der Waals surface area contributed by atoms with Gasteiger partial charge in [0, 0.05) is 36.7 Å².